The highest BCUT2D eigenvalue weighted by Crippen LogP contribution is 2.45. The van der Waals surface area contributed by atoms with Gasteiger partial charge in [-0.1, -0.05) is 44.0 Å². The van der Waals surface area contributed by atoms with E-state index in [9.17, 15) is 9.00 Å². The lowest BCUT2D eigenvalue weighted by Crippen LogP contribution is -2.45. The van der Waals surface area contributed by atoms with Gasteiger partial charge in [-0.15, -0.1) is 18.3 Å². The molecule has 2 aromatic carbocycles. The van der Waals surface area contributed by atoms with Crippen LogP contribution < -0.4 is 9.62 Å². The Balaban J connectivity index is 1.54. The highest BCUT2D eigenvalue weighted by atomic mass is 35.5. The summed E-state index contributed by atoms with van der Waals surface area (Å²) in [6.07, 6.45) is 6.54. The van der Waals surface area contributed by atoms with Crippen LogP contribution in [-0.2, 0) is 22.1 Å². The highest BCUT2D eigenvalue weighted by molar-refractivity contribution is 7.99. The van der Waals surface area contributed by atoms with Crippen LogP contribution >= 0.6 is 23.4 Å². The molecule has 7 atom stereocenters. The number of fused-ring (bicyclic) bond motifs is 2. The lowest BCUT2D eigenvalue weighted by Gasteiger charge is -2.45. The predicted octanol–water partition coefficient (Wildman–Crippen LogP) is 7.40. The van der Waals surface area contributed by atoms with E-state index in [2.05, 4.69) is 30.0 Å². The van der Waals surface area contributed by atoms with Crippen LogP contribution in [0.4, 0.5) is 10.1 Å². The van der Waals surface area contributed by atoms with Gasteiger partial charge in [-0.05, 0) is 84.7 Å². The Labute approximate surface area is 261 Å². The van der Waals surface area contributed by atoms with Gasteiger partial charge in [0, 0.05) is 48.1 Å². The van der Waals surface area contributed by atoms with Gasteiger partial charge in [-0.25, -0.2) is 8.60 Å². The highest BCUT2D eigenvalue weighted by Gasteiger charge is 2.40. The Bertz CT molecular complexity index is 1340. The van der Waals surface area contributed by atoms with Crippen molar-refractivity contribution in [1.29, 1.82) is 0 Å². The molecule has 1 saturated carbocycles. The number of benzene rings is 2. The zero-order valence-corrected chi connectivity index (χ0v) is 27.1. The SMILES string of the molecule is C=CC1CC(OC)C2CCC2CN2CC(c3ccc(Cl)c(F)c3CCC)CSc3ccc(cc32)C(=O)NS(=O)C[C@H]1C. The summed E-state index contributed by atoms with van der Waals surface area (Å²) in [6.45, 7) is 9.75. The molecule has 2 bridgehead atoms. The number of thioether (sulfide) groups is 1. The Morgan fingerprint density at radius 3 is 2.76 bits per heavy atom. The molecule has 6 unspecified atom stereocenters. The molecule has 5 rings (SSSR count). The fraction of sp³-hybridized carbons (Fsp3) is 0.545. The van der Waals surface area contributed by atoms with Gasteiger partial charge >= 0.3 is 0 Å². The van der Waals surface area contributed by atoms with Crippen LogP contribution in [0.3, 0.4) is 0 Å². The summed E-state index contributed by atoms with van der Waals surface area (Å²) in [6, 6.07) is 9.47. The number of allylic oxidation sites excluding steroid dienone is 1. The van der Waals surface area contributed by atoms with E-state index in [1.54, 1.807) is 24.9 Å². The van der Waals surface area contributed by atoms with Gasteiger partial charge in [0.15, 0.2) is 0 Å². The maximum atomic E-state index is 15.3. The lowest BCUT2D eigenvalue weighted by atomic mass is 9.68. The number of hydrogen-bond donors (Lipinski definition) is 1. The first kappa shape index (κ1) is 31.6. The Hall–Kier alpha value is -1.87. The molecule has 5 nitrogen and oxygen atoms in total. The minimum Gasteiger partial charge on any atom is -0.381 e. The summed E-state index contributed by atoms with van der Waals surface area (Å²) in [5.74, 6) is 1.66. The summed E-state index contributed by atoms with van der Waals surface area (Å²) in [4.78, 5) is 16.8. The van der Waals surface area contributed by atoms with Crippen LogP contribution in [0.15, 0.2) is 47.9 Å². The van der Waals surface area contributed by atoms with Gasteiger partial charge in [0.05, 0.1) is 16.8 Å². The summed E-state index contributed by atoms with van der Waals surface area (Å²) < 4.78 is 37.1. The van der Waals surface area contributed by atoms with Crippen LogP contribution in [0, 0.1) is 29.5 Å². The van der Waals surface area contributed by atoms with E-state index in [1.165, 1.54) is 0 Å². The number of nitrogens with one attached hydrogen (secondary N) is 1. The molecule has 0 aromatic heterocycles. The number of anilines is 1. The quantitative estimate of drug-likeness (QED) is 0.348. The van der Waals surface area contributed by atoms with E-state index < -0.39 is 11.0 Å². The molecular formula is C33H42ClFN2O3S2. The number of halogens is 2. The molecule has 0 saturated heterocycles. The molecular weight excluding hydrogens is 591 g/mol. The molecule has 9 heteroatoms. The van der Waals surface area contributed by atoms with Crippen LogP contribution in [-0.4, -0.2) is 47.9 Å². The van der Waals surface area contributed by atoms with Crippen molar-refractivity contribution in [3.63, 3.8) is 0 Å². The van der Waals surface area contributed by atoms with Crippen molar-refractivity contribution in [3.8, 4) is 0 Å². The third-order valence-corrected chi connectivity index (χ3v) is 12.2. The van der Waals surface area contributed by atoms with Gasteiger partial charge in [0.1, 0.15) is 16.8 Å². The van der Waals surface area contributed by atoms with E-state index in [4.69, 9.17) is 16.3 Å². The number of carbonyl (C=O) groups excluding carboxylic acids is 1. The molecule has 2 aliphatic heterocycles. The summed E-state index contributed by atoms with van der Waals surface area (Å²) >= 11 is 7.97. The molecule has 0 spiro atoms. The second-order valence-corrected chi connectivity index (χ2v) is 14.8. The minimum absolute atomic E-state index is 0.0758. The number of methoxy groups -OCH3 is 1. The molecule has 0 radical (unpaired) electrons. The molecule has 1 aliphatic carbocycles. The zero-order valence-electron chi connectivity index (χ0n) is 24.7. The maximum absolute atomic E-state index is 15.3. The van der Waals surface area contributed by atoms with E-state index >= 15 is 4.39 Å². The second-order valence-electron chi connectivity index (χ2n) is 12.1. The van der Waals surface area contributed by atoms with Crippen LogP contribution in [0.2, 0.25) is 5.02 Å². The molecule has 2 heterocycles. The number of rotatable bonds is 5. The average molecular weight is 633 g/mol. The topological polar surface area (TPSA) is 58.6 Å². The van der Waals surface area contributed by atoms with Gasteiger partial charge in [0.2, 0.25) is 0 Å². The van der Waals surface area contributed by atoms with Crippen LogP contribution in [0.1, 0.15) is 66.9 Å². The van der Waals surface area contributed by atoms with Crippen LogP contribution in [0.25, 0.3) is 0 Å². The first-order valence-electron chi connectivity index (χ1n) is 15.1. The van der Waals surface area contributed by atoms with Crippen LogP contribution in [0.5, 0.6) is 0 Å². The Morgan fingerprint density at radius 1 is 1.26 bits per heavy atom. The fourth-order valence-corrected chi connectivity index (χ4v) is 9.40. The smallest absolute Gasteiger partial charge is 0.263 e. The first-order valence-corrected chi connectivity index (χ1v) is 17.7. The monoisotopic (exact) mass is 632 g/mol. The number of nitrogens with zero attached hydrogens (tertiary/aromatic N) is 1. The van der Waals surface area contributed by atoms with E-state index in [1.807, 2.05) is 30.3 Å². The van der Waals surface area contributed by atoms with E-state index in [0.29, 0.717) is 41.7 Å². The average Bonchev–Trinajstić information content (AvgIpc) is 3.14. The zero-order chi connectivity index (χ0) is 30.0. The lowest BCUT2D eigenvalue weighted by molar-refractivity contribution is -0.0289. The molecule has 3 aliphatic rings. The molecule has 1 N–H and O–H groups in total. The van der Waals surface area contributed by atoms with Crippen molar-refractivity contribution in [2.75, 3.05) is 36.6 Å². The molecule has 1 fully saturated rings. The van der Waals surface area contributed by atoms with Gasteiger partial charge in [-0.3, -0.25) is 9.52 Å². The molecule has 2 aromatic rings. The van der Waals surface area contributed by atoms with Crippen molar-refractivity contribution >= 4 is 45.9 Å². The fourth-order valence-electron chi connectivity index (χ4n) is 6.93. The summed E-state index contributed by atoms with van der Waals surface area (Å²) in [5, 5.41) is 0.170. The standard InChI is InChI=1S/C33H42ClFN2O3S2/c1-5-7-27-25(11-12-28(34)32(27)35)24-17-37-16-23-8-10-26(23)30(40-4)15-21(6-2)20(3)19-42(39)36-33(38)22-9-13-31(41-18-24)29(37)14-22/h6,9,11-14,20-21,23-24,26,30H,2,5,7-8,10,15-19H2,1,3-4H3,(H,36,38)/t20-,21?,23?,24?,26?,30?,42?/m1/s1. The largest absolute Gasteiger partial charge is 0.381 e. The number of hydrogen-bond acceptors (Lipinski definition) is 5. The molecule has 42 heavy (non-hydrogen) atoms. The van der Waals surface area contributed by atoms with Crippen molar-refractivity contribution in [2.45, 2.75) is 62.9 Å². The Morgan fingerprint density at radius 2 is 2.07 bits per heavy atom. The third kappa shape index (κ3) is 6.62. The Kier molecular flexibility index (Phi) is 10.4. The van der Waals surface area contributed by atoms with E-state index in [-0.39, 0.29) is 40.6 Å². The third-order valence-electron chi connectivity index (χ3n) is 9.49. The number of amides is 1. The van der Waals surface area contributed by atoms with Gasteiger partial charge < -0.3 is 9.64 Å². The molecule has 1 amide bonds. The number of ether oxygens (including phenoxy) is 1. The first-order chi connectivity index (χ1) is 20.2. The normalized spacial score (nSPS) is 30.2. The van der Waals surface area contributed by atoms with Crippen molar-refractivity contribution in [1.82, 2.24) is 4.72 Å². The summed E-state index contributed by atoms with van der Waals surface area (Å²) in [5.41, 5.74) is 3.25. The minimum atomic E-state index is -1.51. The predicted molar refractivity (Wildman–Crippen MR) is 172 cm³/mol. The second kappa shape index (κ2) is 13.8. The van der Waals surface area contributed by atoms with Gasteiger partial charge in [0.25, 0.3) is 5.91 Å². The van der Waals surface area contributed by atoms with E-state index in [0.717, 1.165) is 54.1 Å². The van der Waals surface area contributed by atoms with Crippen molar-refractivity contribution < 1.29 is 18.1 Å². The molecule has 228 valence electrons. The van der Waals surface area contributed by atoms with Crippen molar-refractivity contribution in [3.05, 3.63) is 70.5 Å². The summed E-state index contributed by atoms with van der Waals surface area (Å²) in [7, 11) is 0.279. The van der Waals surface area contributed by atoms with Gasteiger partial charge in [-0.2, -0.15) is 0 Å². The maximum Gasteiger partial charge on any atom is 0.263 e. The van der Waals surface area contributed by atoms with Crippen molar-refractivity contribution in [2.24, 2.45) is 23.7 Å². The number of carbonyl (C=O) groups is 1.